The fraction of sp³-hybridized carbons (Fsp3) is 0.381. The van der Waals surface area contributed by atoms with Gasteiger partial charge < -0.3 is 5.32 Å². The van der Waals surface area contributed by atoms with Gasteiger partial charge >= 0.3 is 0 Å². The van der Waals surface area contributed by atoms with Gasteiger partial charge in [-0.2, -0.15) is 0 Å². The predicted octanol–water partition coefficient (Wildman–Crippen LogP) is 4.16. The monoisotopic (exact) mass is 340 g/mol. The Hall–Kier alpha value is -2.20. The first kappa shape index (κ1) is 17.6. The van der Waals surface area contributed by atoms with Crippen molar-refractivity contribution in [1.82, 2.24) is 10.2 Å². The summed E-state index contributed by atoms with van der Waals surface area (Å²) >= 11 is 0. The van der Waals surface area contributed by atoms with Gasteiger partial charge in [0.05, 0.1) is 12.6 Å². The SMILES string of the molecule is CC(C(=O)NCN1CCCCC1)c1ccc(-c2ccccc2)c(F)c1. The molecule has 1 unspecified atom stereocenters. The second kappa shape index (κ2) is 8.26. The molecule has 0 radical (unpaired) electrons. The lowest BCUT2D eigenvalue weighted by atomic mass is 9.96. The number of nitrogens with one attached hydrogen (secondary N) is 1. The van der Waals surface area contributed by atoms with Crippen LogP contribution in [-0.4, -0.2) is 30.6 Å². The van der Waals surface area contributed by atoms with Crippen LogP contribution in [0.2, 0.25) is 0 Å². The van der Waals surface area contributed by atoms with Gasteiger partial charge in [-0.3, -0.25) is 9.69 Å². The fourth-order valence-electron chi connectivity index (χ4n) is 3.26. The van der Waals surface area contributed by atoms with Crippen molar-refractivity contribution in [2.75, 3.05) is 19.8 Å². The highest BCUT2D eigenvalue weighted by atomic mass is 19.1. The lowest BCUT2D eigenvalue weighted by molar-refractivity contribution is -0.122. The second-order valence-electron chi connectivity index (χ2n) is 6.70. The topological polar surface area (TPSA) is 32.3 Å². The highest BCUT2D eigenvalue weighted by Gasteiger charge is 2.18. The molecule has 132 valence electrons. The van der Waals surface area contributed by atoms with Crippen molar-refractivity contribution in [3.63, 3.8) is 0 Å². The van der Waals surface area contributed by atoms with Crippen LogP contribution in [0.15, 0.2) is 48.5 Å². The van der Waals surface area contributed by atoms with E-state index in [0.29, 0.717) is 17.8 Å². The summed E-state index contributed by atoms with van der Waals surface area (Å²) in [6, 6.07) is 14.5. The van der Waals surface area contributed by atoms with Gasteiger partial charge in [0.15, 0.2) is 0 Å². The molecule has 2 aromatic carbocycles. The average molecular weight is 340 g/mol. The van der Waals surface area contributed by atoms with Gasteiger partial charge in [0.25, 0.3) is 0 Å². The number of benzene rings is 2. The third-order valence-corrected chi connectivity index (χ3v) is 4.90. The molecule has 0 spiro atoms. The summed E-state index contributed by atoms with van der Waals surface area (Å²) in [6.07, 6.45) is 3.66. The van der Waals surface area contributed by atoms with Gasteiger partial charge in [0.2, 0.25) is 5.91 Å². The number of piperidine rings is 1. The quantitative estimate of drug-likeness (QED) is 0.886. The molecule has 1 aliphatic rings. The number of hydrogen-bond donors (Lipinski definition) is 1. The Morgan fingerprint density at radius 2 is 1.84 bits per heavy atom. The Morgan fingerprint density at radius 3 is 2.52 bits per heavy atom. The summed E-state index contributed by atoms with van der Waals surface area (Å²) < 4.78 is 14.5. The molecular weight excluding hydrogens is 315 g/mol. The molecule has 2 aromatic rings. The molecule has 0 saturated carbocycles. The van der Waals surface area contributed by atoms with Crippen LogP contribution in [0.25, 0.3) is 11.1 Å². The number of likely N-dealkylation sites (tertiary alicyclic amines) is 1. The summed E-state index contributed by atoms with van der Waals surface area (Å²) in [5.41, 5.74) is 2.10. The number of halogens is 1. The van der Waals surface area contributed by atoms with E-state index in [0.717, 1.165) is 18.7 Å². The van der Waals surface area contributed by atoms with Gasteiger partial charge in [-0.1, -0.05) is 48.9 Å². The van der Waals surface area contributed by atoms with E-state index in [4.69, 9.17) is 0 Å². The van der Waals surface area contributed by atoms with Crippen LogP contribution in [0.4, 0.5) is 4.39 Å². The van der Waals surface area contributed by atoms with E-state index in [-0.39, 0.29) is 17.6 Å². The van der Waals surface area contributed by atoms with Crippen molar-refractivity contribution in [3.05, 3.63) is 59.9 Å². The van der Waals surface area contributed by atoms with Gasteiger partial charge in [-0.15, -0.1) is 0 Å². The summed E-state index contributed by atoms with van der Waals surface area (Å²) in [7, 11) is 0. The van der Waals surface area contributed by atoms with Gasteiger partial charge in [0.1, 0.15) is 5.82 Å². The van der Waals surface area contributed by atoms with Crippen molar-refractivity contribution < 1.29 is 9.18 Å². The Morgan fingerprint density at radius 1 is 1.12 bits per heavy atom. The first-order chi connectivity index (χ1) is 12.1. The van der Waals surface area contributed by atoms with Crippen LogP contribution >= 0.6 is 0 Å². The van der Waals surface area contributed by atoms with E-state index in [2.05, 4.69) is 10.2 Å². The van der Waals surface area contributed by atoms with Crippen LogP contribution < -0.4 is 5.32 Å². The zero-order valence-electron chi connectivity index (χ0n) is 14.7. The molecule has 0 bridgehead atoms. The first-order valence-corrected chi connectivity index (χ1v) is 9.00. The van der Waals surface area contributed by atoms with Gasteiger partial charge in [-0.05, 0) is 50.0 Å². The molecule has 1 atom stereocenters. The van der Waals surface area contributed by atoms with E-state index < -0.39 is 0 Å². The molecule has 4 heteroatoms. The minimum atomic E-state index is -0.371. The number of rotatable bonds is 5. The van der Waals surface area contributed by atoms with Crippen LogP contribution in [0, 0.1) is 5.82 Å². The van der Waals surface area contributed by atoms with Crippen molar-refractivity contribution in [3.8, 4) is 11.1 Å². The maximum Gasteiger partial charge on any atom is 0.228 e. The summed E-state index contributed by atoms with van der Waals surface area (Å²) in [5.74, 6) is -0.721. The third kappa shape index (κ3) is 4.45. The van der Waals surface area contributed by atoms with Crippen LogP contribution in [-0.2, 0) is 4.79 Å². The van der Waals surface area contributed by atoms with Crippen LogP contribution in [0.1, 0.15) is 37.7 Å². The largest absolute Gasteiger partial charge is 0.343 e. The smallest absolute Gasteiger partial charge is 0.228 e. The number of carbonyl (C=O) groups excluding carboxylic acids is 1. The fourth-order valence-corrected chi connectivity index (χ4v) is 3.26. The molecule has 1 amide bonds. The lowest BCUT2D eigenvalue weighted by Gasteiger charge is -2.27. The maximum atomic E-state index is 14.5. The molecule has 0 aromatic heterocycles. The number of nitrogens with zero attached hydrogens (tertiary/aromatic N) is 1. The number of amides is 1. The van der Waals surface area contributed by atoms with Crippen LogP contribution in [0.5, 0.6) is 0 Å². The van der Waals surface area contributed by atoms with Crippen molar-refractivity contribution in [1.29, 1.82) is 0 Å². The molecule has 0 aliphatic carbocycles. The Labute approximate surface area is 148 Å². The Bertz CT molecular complexity index is 711. The van der Waals surface area contributed by atoms with E-state index in [1.165, 1.54) is 25.3 Å². The van der Waals surface area contributed by atoms with Crippen molar-refractivity contribution in [2.24, 2.45) is 0 Å². The van der Waals surface area contributed by atoms with Crippen molar-refractivity contribution in [2.45, 2.75) is 32.1 Å². The molecule has 3 nitrogen and oxygen atoms in total. The van der Waals surface area contributed by atoms with Crippen molar-refractivity contribution >= 4 is 5.91 Å². The van der Waals surface area contributed by atoms with Gasteiger partial charge in [0, 0.05) is 5.56 Å². The highest BCUT2D eigenvalue weighted by Crippen LogP contribution is 2.26. The standard InChI is InChI=1S/C21H25FN2O/c1-16(21(25)23-15-24-12-6-3-7-13-24)18-10-11-19(20(22)14-18)17-8-4-2-5-9-17/h2,4-5,8-11,14,16H,3,6-7,12-13,15H2,1H3,(H,23,25). The number of carbonyl (C=O) groups is 1. The summed E-state index contributed by atoms with van der Waals surface area (Å²) in [5, 5.41) is 2.98. The second-order valence-corrected chi connectivity index (χ2v) is 6.70. The maximum absolute atomic E-state index is 14.5. The molecule has 3 rings (SSSR count). The summed E-state index contributed by atoms with van der Waals surface area (Å²) in [4.78, 5) is 14.6. The normalized spacial score (nSPS) is 16.4. The lowest BCUT2D eigenvalue weighted by Crippen LogP contribution is -2.41. The molecule has 1 N–H and O–H groups in total. The van der Waals surface area contributed by atoms with Gasteiger partial charge in [-0.25, -0.2) is 4.39 Å². The van der Waals surface area contributed by atoms with Crippen LogP contribution in [0.3, 0.4) is 0 Å². The number of hydrogen-bond acceptors (Lipinski definition) is 2. The first-order valence-electron chi connectivity index (χ1n) is 9.00. The molecule has 1 aliphatic heterocycles. The molecule has 25 heavy (non-hydrogen) atoms. The zero-order chi connectivity index (χ0) is 17.6. The average Bonchev–Trinajstić information content (AvgIpc) is 2.67. The third-order valence-electron chi connectivity index (χ3n) is 4.90. The Kier molecular flexibility index (Phi) is 5.82. The molecule has 1 fully saturated rings. The molecule has 1 saturated heterocycles. The minimum absolute atomic E-state index is 0.0579. The zero-order valence-corrected chi connectivity index (χ0v) is 14.7. The highest BCUT2D eigenvalue weighted by molar-refractivity contribution is 5.83. The van der Waals surface area contributed by atoms with E-state index >= 15 is 0 Å². The Balaban J connectivity index is 1.64. The minimum Gasteiger partial charge on any atom is -0.343 e. The van der Waals surface area contributed by atoms with E-state index in [1.54, 1.807) is 6.07 Å². The molecular formula is C21H25FN2O. The predicted molar refractivity (Wildman–Crippen MR) is 98.7 cm³/mol. The van der Waals surface area contributed by atoms with E-state index in [9.17, 15) is 9.18 Å². The van der Waals surface area contributed by atoms with E-state index in [1.807, 2.05) is 43.3 Å². The summed E-state index contributed by atoms with van der Waals surface area (Å²) in [6.45, 7) is 4.47. The molecule has 1 heterocycles.